The second-order valence-corrected chi connectivity index (χ2v) is 11.9. The number of benzene rings is 2. The Bertz CT molecular complexity index is 1170. The summed E-state index contributed by atoms with van der Waals surface area (Å²) < 4.78 is 89.6. The van der Waals surface area contributed by atoms with E-state index in [9.17, 15) is 30.0 Å². The summed E-state index contributed by atoms with van der Waals surface area (Å²) >= 11 is 0. The van der Waals surface area contributed by atoms with E-state index in [-0.39, 0.29) is 28.9 Å². The zero-order chi connectivity index (χ0) is 23.7. The summed E-state index contributed by atoms with van der Waals surface area (Å²) in [4.78, 5) is 1.80. The fourth-order valence-corrected chi connectivity index (χ4v) is 6.06. The molecule has 0 aliphatic carbocycles. The van der Waals surface area contributed by atoms with Crippen LogP contribution in [0.15, 0.2) is 58.3 Å². The normalized spacial score (nSPS) is 17.1. The van der Waals surface area contributed by atoms with E-state index in [2.05, 4.69) is 0 Å². The standard InChI is InChI=1S/C21H25F3N2O4S2/c1-25(15-16-5-3-6-17(13-16)21(22,23)24)18-9-11-26(12-10-18)32(29,30)20-8-4-7-19(14-20)31(2,27)28/h3-8,13-14,18H,9-12,15H2,1-2H3. The van der Waals surface area contributed by atoms with E-state index in [0.29, 0.717) is 24.9 Å². The molecule has 32 heavy (non-hydrogen) atoms. The van der Waals surface area contributed by atoms with Crippen molar-refractivity contribution in [2.75, 3.05) is 26.4 Å². The molecule has 0 N–H and O–H groups in total. The average molecular weight is 491 g/mol. The highest BCUT2D eigenvalue weighted by Gasteiger charge is 2.32. The molecule has 2 aromatic rings. The van der Waals surface area contributed by atoms with Crippen LogP contribution in [-0.4, -0.2) is 58.5 Å². The van der Waals surface area contributed by atoms with Crippen molar-refractivity contribution in [1.82, 2.24) is 9.21 Å². The summed E-state index contributed by atoms with van der Waals surface area (Å²) in [6, 6.07) is 10.5. The highest BCUT2D eigenvalue weighted by molar-refractivity contribution is 7.91. The van der Waals surface area contributed by atoms with Crippen LogP contribution in [0.25, 0.3) is 0 Å². The first-order chi connectivity index (χ1) is 14.8. The third kappa shape index (κ3) is 5.69. The summed E-state index contributed by atoms with van der Waals surface area (Å²) in [6.45, 7) is 0.795. The number of sulfonamides is 1. The molecule has 0 bridgehead atoms. The second-order valence-electron chi connectivity index (χ2n) is 8.00. The summed E-state index contributed by atoms with van der Waals surface area (Å²) in [5.41, 5.74) is -0.157. The van der Waals surface area contributed by atoms with Crippen LogP contribution in [0.2, 0.25) is 0 Å². The smallest absolute Gasteiger partial charge is 0.299 e. The minimum atomic E-state index is -4.40. The molecule has 0 spiro atoms. The lowest BCUT2D eigenvalue weighted by molar-refractivity contribution is -0.137. The van der Waals surface area contributed by atoms with Crippen molar-refractivity contribution in [3.63, 3.8) is 0 Å². The van der Waals surface area contributed by atoms with E-state index in [1.807, 2.05) is 11.9 Å². The Morgan fingerprint density at radius 3 is 2.16 bits per heavy atom. The predicted molar refractivity (Wildman–Crippen MR) is 114 cm³/mol. The lowest BCUT2D eigenvalue weighted by atomic mass is 10.0. The lowest BCUT2D eigenvalue weighted by Crippen LogP contribution is -2.45. The SMILES string of the molecule is CN(Cc1cccc(C(F)(F)F)c1)C1CCN(S(=O)(=O)c2cccc(S(C)(=O)=O)c2)CC1. The fraction of sp³-hybridized carbons (Fsp3) is 0.429. The zero-order valence-corrected chi connectivity index (χ0v) is 19.3. The van der Waals surface area contributed by atoms with Gasteiger partial charge >= 0.3 is 6.18 Å². The summed E-state index contributed by atoms with van der Waals surface area (Å²) in [7, 11) is -5.58. The van der Waals surface area contributed by atoms with Gasteiger partial charge in [0.1, 0.15) is 0 Å². The summed E-state index contributed by atoms with van der Waals surface area (Å²) in [6.07, 6.45) is -2.35. The molecule has 0 radical (unpaired) electrons. The number of halogens is 3. The third-order valence-electron chi connectivity index (χ3n) is 5.60. The number of rotatable bonds is 6. The molecule has 0 aromatic heterocycles. The van der Waals surface area contributed by atoms with Crippen LogP contribution in [0, 0.1) is 0 Å². The van der Waals surface area contributed by atoms with Gasteiger partial charge < -0.3 is 0 Å². The van der Waals surface area contributed by atoms with Crippen LogP contribution < -0.4 is 0 Å². The van der Waals surface area contributed by atoms with E-state index in [0.717, 1.165) is 24.5 Å². The lowest BCUT2D eigenvalue weighted by Gasteiger charge is -2.36. The molecule has 0 amide bonds. The first-order valence-electron chi connectivity index (χ1n) is 9.95. The molecule has 0 atom stereocenters. The Balaban J connectivity index is 1.66. The molecule has 1 fully saturated rings. The maximum absolute atomic E-state index is 13.0. The van der Waals surface area contributed by atoms with Gasteiger partial charge in [0.25, 0.3) is 0 Å². The van der Waals surface area contributed by atoms with Gasteiger partial charge in [0.15, 0.2) is 9.84 Å². The van der Waals surface area contributed by atoms with Crippen LogP contribution >= 0.6 is 0 Å². The Morgan fingerprint density at radius 2 is 1.56 bits per heavy atom. The van der Waals surface area contributed by atoms with E-state index < -0.39 is 31.6 Å². The van der Waals surface area contributed by atoms with Gasteiger partial charge in [-0.2, -0.15) is 17.5 Å². The van der Waals surface area contributed by atoms with E-state index >= 15 is 0 Å². The number of sulfone groups is 1. The highest BCUT2D eigenvalue weighted by Crippen LogP contribution is 2.30. The van der Waals surface area contributed by atoms with Crippen molar-refractivity contribution in [2.45, 2.75) is 41.4 Å². The van der Waals surface area contributed by atoms with Crippen molar-refractivity contribution in [3.8, 4) is 0 Å². The van der Waals surface area contributed by atoms with Gasteiger partial charge in [-0.1, -0.05) is 24.3 Å². The van der Waals surface area contributed by atoms with Gasteiger partial charge in [-0.15, -0.1) is 0 Å². The minimum absolute atomic E-state index is 0.0124. The van der Waals surface area contributed by atoms with Gasteiger partial charge in [0.2, 0.25) is 10.0 Å². The molecule has 1 aliphatic rings. The average Bonchev–Trinajstić information content (AvgIpc) is 2.73. The molecule has 3 rings (SSSR count). The van der Waals surface area contributed by atoms with E-state index in [1.165, 1.54) is 28.6 Å². The maximum atomic E-state index is 13.0. The Kier molecular flexibility index (Phi) is 7.04. The molecule has 11 heteroatoms. The molecule has 6 nitrogen and oxygen atoms in total. The van der Waals surface area contributed by atoms with Crippen molar-refractivity contribution < 1.29 is 30.0 Å². The fourth-order valence-electron chi connectivity index (χ4n) is 3.80. The Labute approximate surface area is 186 Å². The zero-order valence-electron chi connectivity index (χ0n) is 17.7. The topological polar surface area (TPSA) is 74.8 Å². The molecule has 1 aliphatic heterocycles. The summed E-state index contributed by atoms with van der Waals surface area (Å²) in [5, 5.41) is 0. The number of piperidine rings is 1. The van der Waals surface area contributed by atoms with Crippen molar-refractivity contribution in [2.24, 2.45) is 0 Å². The molecule has 2 aromatic carbocycles. The van der Waals surface area contributed by atoms with Crippen LogP contribution in [0.3, 0.4) is 0 Å². The third-order valence-corrected chi connectivity index (χ3v) is 8.61. The minimum Gasteiger partial charge on any atom is -0.299 e. The van der Waals surface area contributed by atoms with Gasteiger partial charge in [-0.3, -0.25) is 4.90 Å². The van der Waals surface area contributed by atoms with Crippen LogP contribution in [0.4, 0.5) is 13.2 Å². The van der Waals surface area contributed by atoms with Crippen LogP contribution in [-0.2, 0) is 32.6 Å². The molecular formula is C21H25F3N2O4S2. The van der Waals surface area contributed by atoms with Gasteiger partial charge in [-0.25, -0.2) is 16.8 Å². The first kappa shape index (κ1) is 24.7. The molecule has 1 saturated heterocycles. The molecule has 0 unspecified atom stereocenters. The monoisotopic (exact) mass is 490 g/mol. The maximum Gasteiger partial charge on any atom is 0.416 e. The highest BCUT2D eigenvalue weighted by atomic mass is 32.2. The second kappa shape index (κ2) is 9.12. The van der Waals surface area contributed by atoms with Crippen molar-refractivity contribution in [1.29, 1.82) is 0 Å². The van der Waals surface area contributed by atoms with E-state index in [4.69, 9.17) is 0 Å². The van der Waals surface area contributed by atoms with Crippen LogP contribution in [0.1, 0.15) is 24.0 Å². The summed E-state index contributed by atoms with van der Waals surface area (Å²) in [5.74, 6) is 0. The van der Waals surface area contributed by atoms with E-state index in [1.54, 1.807) is 6.07 Å². The van der Waals surface area contributed by atoms with Gasteiger partial charge in [0, 0.05) is 31.9 Å². The number of hydrogen-bond acceptors (Lipinski definition) is 5. The molecule has 1 heterocycles. The van der Waals surface area contributed by atoms with Gasteiger partial charge in [-0.05, 0) is 49.7 Å². The Morgan fingerprint density at radius 1 is 0.969 bits per heavy atom. The van der Waals surface area contributed by atoms with Gasteiger partial charge in [0.05, 0.1) is 15.4 Å². The van der Waals surface area contributed by atoms with Crippen LogP contribution in [0.5, 0.6) is 0 Å². The predicted octanol–water partition coefficient (Wildman–Crippen LogP) is 3.39. The van der Waals surface area contributed by atoms with Crippen molar-refractivity contribution >= 4 is 19.9 Å². The molecule has 0 saturated carbocycles. The number of alkyl halides is 3. The molecular weight excluding hydrogens is 465 g/mol. The first-order valence-corrected chi connectivity index (χ1v) is 13.3. The number of nitrogens with zero attached hydrogens (tertiary/aromatic N) is 2. The Hall–Kier alpha value is -1.95. The molecule has 176 valence electrons. The largest absolute Gasteiger partial charge is 0.416 e. The number of hydrogen-bond donors (Lipinski definition) is 0. The quantitative estimate of drug-likeness (QED) is 0.621. The van der Waals surface area contributed by atoms with Crippen molar-refractivity contribution in [3.05, 3.63) is 59.7 Å².